The van der Waals surface area contributed by atoms with Gasteiger partial charge in [-0.25, -0.2) is 0 Å². The normalized spacial score (nSPS) is 15.4. The Hall–Kier alpha value is -0.520. The van der Waals surface area contributed by atoms with Crippen molar-refractivity contribution in [1.82, 2.24) is 15.5 Å². The lowest BCUT2D eigenvalue weighted by Crippen LogP contribution is -2.33. The highest BCUT2D eigenvalue weighted by atomic mass is 32.1. The molecule has 0 aromatic carbocycles. The fourth-order valence-electron chi connectivity index (χ4n) is 1.02. The van der Waals surface area contributed by atoms with Crippen LogP contribution in [0.3, 0.4) is 0 Å². The summed E-state index contributed by atoms with van der Waals surface area (Å²) in [5.41, 5.74) is 0. The zero-order valence-electron chi connectivity index (χ0n) is 8.82. The molecular formula is C9H17N3OS. The van der Waals surface area contributed by atoms with Crippen LogP contribution in [0.1, 0.15) is 23.9 Å². The maximum absolute atomic E-state index is 8.94. The molecule has 1 aromatic heterocycles. The van der Waals surface area contributed by atoms with Gasteiger partial charge >= 0.3 is 0 Å². The predicted molar refractivity (Wildman–Crippen MR) is 57.2 cm³/mol. The van der Waals surface area contributed by atoms with E-state index >= 15 is 0 Å². The first-order chi connectivity index (χ1) is 6.63. The average molecular weight is 215 g/mol. The molecule has 0 aliphatic rings. The van der Waals surface area contributed by atoms with E-state index in [1.54, 1.807) is 11.3 Å². The second-order valence-electron chi connectivity index (χ2n) is 3.54. The first-order valence-corrected chi connectivity index (χ1v) is 5.58. The zero-order valence-corrected chi connectivity index (χ0v) is 9.64. The van der Waals surface area contributed by atoms with Crippen molar-refractivity contribution >= 4 is 11.3 Å². The fourth-order valence-corrected chi connectivity index (χ4v) is 1.68. The van der Waals surface area contributed by atoms with E-state index in [1.807, 2.05) is 13.8 Å². The molecule has 0 spiro atoms. The summed E-state index contributed by atoms with van der Waals surface area (Å²) < 4.78 is 0. The highest BCUT2D eigenvalue weighted by Gasteiger charge is 2.10. The van der Waals surface area contributed by atoms with Crippen molar-refractivity contribution in [3.05, 3.63) is 10.0 Å². The summed E-state index contributed by atoms with van der Waals surface area (Å²) in [5.74, 6) is 0.268. The summed E-state index contributed by atoms with van der Waals surface area (Å²) >= 11 is 1.60. The number of aromatic nitrogens is 2. The van der Waals surface area contributed by atoms with Crippen LogP contribution in [0, 0.1) is 12.8 Å². The summed E-state index contributed by atoms with van der Waals surface area (Å²) in [6.45, 7) is 6.97. The second-order valence-corrected chi connectivity index (χ2v) is 4.81. The Morgan fingerprint density at radius 1 is 1.43 bits per heavy atom. The van der Waals surface area contributed by atoms with Gasteiger partial charge in [-0.05, 0) is 19.8 Å². The van der Waals surface area contributed by atoms with Crippen molar-refractivity contribution in [2.45, 2.75) is 33.4 Å². The molecule has 1 aromatic rings. The van der Waals surface area contributed by atoms with E-state index in [0.29, 0.717) is 6.04 Å². The van der Waals surface area contributed by atoms with Gasteiger partial charge < -0.3 is 10.4 Å². The van der Waals surface area contributed by atoms with E-state index in [2.05, 4.69) is 22.4 Å². The van der Waals surface area contributed by atoms with Gasteiger partial charge in [-0.3, -0.25) is 0 Å². The molecule has 1 rings (SSSR count). The van der Waals surface area contributed by atoms with Gasteiger partial charge in [-0.1, -0.05) is 6.92 Å². The third-order valence-electron chi connectivity index (χ3n) is 2.28. The highest BCUT2D eigenvalue weighted by Crippen LogP contribution is 2.08. The van der Waals surface area contributed by atoms with Crippen molar-refractivity contribution in [1.29, 1.82) is 0 Å². The van der Waals surface area contributed by atoms with Gasteiger partial charge in [0.1, 0.15) is 10.0 Å². The Labute approximate surface area is 88.4 Å². The molecule has 0 aliphatic heterocycles. The van der Waals surface area contributed by atoms with Crippen molar-refractivity contribution in [3.8, 4) is 0 Å². The molecule has 0 saturated carbocycles. The van der Waals surface area contributed by atoms with E-state index in [0.717, 1.165) is 16.6 Å². The second kappa shape index (κ2) is 5.38. The molecule has 5 heteroatoms. The van der Waals surface area contributed by atoms with Crippen molar-refractivity contribution in [2.75, 3.05) is 6.61 Å². The fraction of sp³-hybridized carbons (Fsp3) is 0.778. The van der Waals surface area contributed by atoms with Crippen LogP contribution >= 0.6 is 11.3 Å². The number of aliphatic hydroxyl groups is 1. The zero-order chi connectivity index (χ0) is 10.6. The lowest BCUT2D eigenvalue weighted by Gasteiger charge is -2.18. The Kier molecular flexibility index (Phi) is 4.44. The summed E-state index contributed by atoms with van der Waals surface area (Å²) in [5, 5.41) is 22.2. The number of nitrogens with zero attached hydrogens (tertiary/aromatic N) is 2. The van der Waals surface area contributed by atoms with E-state index in [9.17, 15) is 0 Å². The van der Waals surface area contributed by atoms with Gasteiger partial charge in [0, 0.05) is 19.2 Å². The molecule has 0 bridgehead atoms. The minimum absolute atomic E-state index is 0.212. The van der Waals surface area contributed by atoms with E-state index in [4.69, 9.17) is 5.11 Å². The first kappa shape index (κ1) is 11.6. The number of hydrogen-bond donors (Lipinski definition) is 2. The monoisotopic (exact) mass is 215 g/mol. The van der Waals surface area contributed by atoms with Crippen LogP contribution < -0.4 is 5.32 Å². The topological polar surface area (TPSA) is 58.0 Å². The van der Waals surface area contributed by atoms with Crippen LogP contribution in [0.2, 0.25) is 0 Å². The molecule has 2 unspecified atom stereocenters. The molecule has 1 heterocycles. The van der Waals surface area contributed by atoms with Crippen LogP contribution in [0.15, 0.2) is 0 Å². The molecule has 0 radical (unpaired) electrons. The minimum atomic E-state index is 0.212. The van der Waals surface area contributed by atoms with Gasteiger partial charge in [0.2, 0.25) is 0 Å². The van der Waals surface area contributed by atoms with Gasteiger partial charge in [0.15, 0.2) is 0 Å². The van der Waals surface area contributed by atoms with Gasteiger partial charge in [-0.2, -0.15) is 0 Å². The van der Waals surface area contributed by atoms with E-state index in [1.165, 1.54) is 0 Å². The number of aliphatic hydroxyl groups excluding tert-OH is 1. The summed E-state index contributed by atoms with van der Waals surface area (Å²) in [4.78, 5) is 0. The molecule has 0 amide bonds. The van der Waals surface area contributed by atoms with E-state index < -0.39 is 0 Å². The molecule has 0 aliphatic carbocycles. The number of rotatable bonds is 5. The minimum Gasteiger partial charge on any atom is -0.396 e. The Balaban J connectivity index is 2.33. The van der Waals surface area contributed by atoms with Crippen LogP contribution in [-0.2, 0) is 6.54 Å². The predicted octanol–water partition coefficient (Wildman–Crippen LogP) is 0.953. The lowest BCUT2D eigenvalue weighted by atomic mass is 10.1. The van der Waals surface area contributed by atoms with Crippen LogP contribution in [-0.4, -0.2) is 28.0 Å². The first-order valence-electron chi connectivity index (χ1n) is 4.76. The van der Waals surface area contributed by atoms with Crippen molar-refractivity contribution in [2.24, 2.45) is 5.92 Å². The van der Waals surface area contributed by atoms with Gasteiger partial charge in [0.25, 0.3) is 0 Å². The number of hydrogen-bond acceptors (Lipinski definition) is 5. The molecule has 14 heavy (non-hydrogen) atoms. The quantitative estimate of drug-likeness (QED) is 0.768. The van der Waals surface area contributed by atoms with Crippen molar-refractivity contribution < 1.29 is 5.11 Å². The maximum Gasteiger partial charge on any atom is 0.131 e. The Bertz CT molecular complexity index is 277. The summed E-state index contributed by atoms with van der Waals surface area (Å²) in [6.07, 6.45) is 0. The lowest BCUT2D eigenvalue weighted by molar-refractivity contribution is 0.207. The van der Waals surface area contributed by atoms with Crippen LogP contribution in [0.4, 0.5) is 0 Å². The summed E-state index contributed by atoms with van der Waals surface area (Å²) in [7, 11) is 0. The molecule has 2 N–H and O–H groups in total. The van der Waals surface area contributed by atoms with E-state index in [-0.39, 0.29) is 12.5 Å². The molecule has 2 atom stereocenters. The maximum atomic E-state index is 8.94. The molecule has 0 saturated heterocycles. The third-order valence-corrected chi connectivity index (χ3v) is 3.12. The molecule has 80 valence electrons. The SMILES string of the molecule is Cc1nnc(CNC(C)C(C)CO)s1. The summed E-state index contributed by atoms with van der Waals surface area (Å²) in [6, 6.07) is 0.296. The van der Waals surface area contributed by atoms with Crippen LogP contribution in [0.25, 0.3) is 0 Å². The standard InChI is InChI=1S/C9H17N3OS/c1-6(5-13)7(2)10-4-9-12-11-8(3)14-9/h6-7,10,13H,4-5H2,1-3H3. The number of nitrogens with one attached hydrogen (secondary N) is 1. The van der Waals surface area contributed by atoms with Crippen molar-refractivity contribution in [3.63, 3.8) is 0 Å². The molecule has 0 fully saturated rings. The molecule has 4 nitrogen and oxygen atoms in total. The Morgan fingerprint density at radius 2 is 2.14 bits per heavy atom. The largest absolute Gasteiger partial charge is 0.396 e. The molecular weight excluding hydrogens is 198 g/mol. The number of aryl methyl sites for hydroxylation is 1. The average Bonchev–Trinajstić information content (AvgIpc) is 2.59. The Morgan fingerprint density at radius 3 is 2.64 bits per heavy atom. The van der Waals surface area contributed by atoms with Gasteiger partial charge in [-0.15, -0.1) is 21.5 Å². The highest BCUT2D eigenvalue weighted by molar-refractivity contribution is 7.11. The van der Waals surface area contributed by atoms with Crippen LogP contribution in [0.5, 0.6) is 0 Å². The third kappa shape index (κ3) is 3.32. The smallest absolute Gasteiger partial charge is 0.131 e. The van der Waals surface area contributed by atoms with Gasteiger partial charge in [0.05, 0.1) is 0 Å².